The summed E-state index contributed by atoms with van der Waals surface area (Å²) in [6.07, 6.45) is 5.20. The van der Waals surface area contributed by atoms with Crippen LogP contribution >= 0.6 is 0 Å². The van der Waals surface area contributed by atoms with Crippen molar-refractivity contribution in [3.8, 4) is 5.75 Å². The average Bonchev–Trinajstić information content (AvgIpc) is 2.95. The Morgan fingerprint density at radius 2 is 1.77 bits per heavy atom. The largest absolute Gasteiger partial charge is 0.497 e. The van der Waals surface area contributed by atoms with Gasteiger partial charge in [0.2, 0.25) is 0 Å². The molecule has 1 fully saturated rings. The highest BCUT2D eigenvalue weighted by Gasteiger charge is 2.23. The number of nitrogens with one attached hydrogen (secondary N) is 1. The summed E-state index contributed by atoms with van der Waals surface area (Å²) < 4.78 is 5.11. The van der Waals surface area contributed by atoms with E-state index in [2.05, 4.69) is 15.3 Å². The van der Waals surface area contributed by atoms with Crippen molar-refractivity contribution in [2.45, 2.75) is 6.42 Å². The van der Waals surface area contributed by atoms with Crippen LogP contribution in [0.1, 0.15) is 16.9 Å². The van der Waals surface area contributed by atoms with E-state index in [-0.39, 0.29) is 11.9 Å². The molecule has 3 amide bonds. The molecule has 1 saturated heterocycles. The third-order valence-corrected chi connectivity index (χ3v) is 4.19. The molecule has 0 unspecified atom stereocenters. The number of urea groups is 1. The molecule has 3 rings (SSSR count). The van der Waals surface area contributed by atoms with Gasteiger partial charge in [-0.25, -0.2) is 9.78 Å². The Bertz CT molecular complexity index is 751. The first-order valence-electron chi connectivity index (χ1n) is 8.42. The molecular weight excluding hydrogens is 334 g/mol. The molecule has 8 heteroatoms. The van der Waals surface area contributed by atoms with Gasteiger partial charge in [-0.1, -0.05) is 0 Å². The van der Waals surface area contributed by atoms with Crippen LogP contribution in [0, 0.1) is 0 Å². The maximum absolute atomic E-state index is 12.5. The number of anilines is 1. The number of rotatable bonds is 3. The summed E-state index contributed by atoms with van der Waals surface area (Å²) in [5.74, 6) is 0.575. The number of hydrogen-bond donors (Lipinski definition) is 1. The molecular formula is C18H21N5O3. The smallest absolute Gasteiger partial charge is 0.321 e. The molecule has 0 radical (unpaired) electrons. The van der Waals surface area contributed by atoms with Gasteiger partial charge in [-0.3, -0.25) is 9.78 Å². The summed E-state index contributed by atoms with van der Waals surface area (Å²) in [6.45, 7) is 2.10. The van der Waals surface area contributed by atoms with Crippen molar-refractivity contribution in [3.63, 3.8) is 0 Å². The first-order chi connectivity index (χ1) is 12.7. The zero-order valence-electron chi connectivity index (χ0n) is 14.6. The summed E-state index contributed by atoms with van der Waals surface area (Å²) in [5.41, 5.74) is 1.02. The Hall–Kier alpha value is -3.16. The van der Waals surface area contributed by atoms with Gasteiger partial charge < -0.3 is 19.9 Å². The Labute approximate surface area is 151 Å². The lowest BCUT2D eigenvalue weighted by Gasteiger charge is -2.22. The second kappa shape index (κ2) is 8.28. The van der Waals surface area contributed by atoms with Crippen molar-refractivity contribution in [1.29, 1.82) is 0 Å². The van der Waals surface area contributed by atoms with Gasteiger partial charge in [0.1, 0.15) is 11.4 Å². The van der Waals surface area contributed by atoms with Crippen LogP contribution < -0.4 is 10.1 Å². The van der Waals surface area contributed by atoms with E-state index in [4.69, 9.17) is 4.74 Å². The summed E-state index contributed by atoms with van der Waals surface area (Å²) in [6, 6.07) is 6.99. The molecule has 136 valence electrons. The SMILES string of the molecule is COc1ccc(NC(=O)N2CCCN(C(=O)c3cnccn3)CC2)cc1. The summed E-state index contributed by atoms with van der Waals surface area (Å²) in [5, 5.41) is 2.87. The molecule has 8 nitrogen and oxygen atoms in total. The van der Waals surface area contributed by atoms with Crippen LogP contribution in [0.4, 0.5) is 10.5 Å². The van der Waals surface area contributed by atoms with Gasteiger partial charge in [-0.05, 0) is 30.7 Å². The highest BCUT2D eigenvalue weighted by atomic mass is 16.5. The topological polar surface area (TPSA) is 87.7 Å². The van der Waals surface area contributed by atoms with E-state index in [0.717, 1.165) is 5.75 Å². The van der Waals surface area contributed by atoms with E-state index < -0.39 is 0 Å². The Kier molecular flexibility index (Phi) is 5.62. The van der Waals surface area contributed by atoms with Crippen LogP contribution in [0.3, 0.4) is 0 Å². The van der Waals surface area contributed by atoms with Crippen LogP contribution in [0.5, 0.6) is 5.75 Å². The Morgan fingerprint density at radius 3 is 2.46 bits per heavy atom. The fraction of sp³-hybridized carbons (Fsp3) is 0.333. The fourth-order valence-electron chi connectivity index (χ4n) is 2.77. The molecule has 1 N–H and O–H groups in total. The van der Waals surface area contributed by atoms with Crippen molar-refractivity contribution in [1.82, 2.24) is 19.8 Å². The molecule has 1 aliphatic rings. The number of hydrogen-bond acceptors (Lipinski definition) is 5. The molecule has 1 aromatic heterocycles. The van der Waals surface area contributed by atoms with Crippen LogP contribution in [0.2, 0.25) is 0 Å². The maximum atomic E-state index is 12.5. The first-order valence-corrected chi connectivity index (χ1v) is 8.42. The quantitative estimate of drug-likeness (QED) is 0.908. The van der Waals surface area contributed by atoms with E-state index in [0.29, 0.717) is 44.0 Å². The minimum absolute atomic E-state index is 0.157. The first kappa shape index (κ1) is 17.7. The van der Waals surface area contributed by atoms with Crippen LogP contribution in [-0.4, -0.2) is 65.0 Å². The number of amides is 3. The van der Waals surface area contributed by atoms with Gasteiger partial charge in [-0.15, -0.1) is 0 Å². The standard InChI is InChI=1S/C18H21N5O3/c1-26-15-5-3-14(4-6-15)21-18(25)23-10-2-9-22(11-12-23)17(24)16-13-19-7-8-20-16/h3-8,13H,2,9-12H2,1H3,(H,21,25). The third-order valence-electron chi connectivity index (χ3n) is 4.19. The number of carbonyl (C=O) groups is 2. The van der Waals surface area contributed by atoms with Gasteiger partial charge >= 0.3 is 6.03 Å². The number of benzene rings is 1. The average molecular weight is 355 g/mol. The highest BCUT2D eigenvalue weighted by Crippen LogP contribution is 2.16. The van der Waals surface area contributed by atoms with Crippen molar-refractivity contribution in [2.24, 2.45) is 0 Å². The van der Waals surface area contributed by atoms with Crippen LogP contribution in [-0.2, 0) is 0 Å². The minimum Gasteiger partial charge on any atom is -0.497 e. The minimum atomic E-state index is -0.177. The molecule has 26 heavy (non-hydrogen) atoms. The normalized spacial score (nSPS) is 14.5. The van der Waals surface area contributed by atoms with E-state index >= 15 is 0 Å². The van der Waals surface area contributed by atoms with Crippen molar-refractivity contribution >= 4 is 17.6 Å². The van der Waals surface area contributed by atoms with Gasteiger partial charge in [-0.2, -0.15) is 0 Å². The second-order valence-corrected chi connectivity index (χ2v) is 5.88. The number of ether oxygens (including phenoxy) is 1. The molecule has 2 heterocycles. The number of methoxy groups -OCH3 is 1. The lowest BCUT2D eigenvalue weighted by atomic mass is 10.3. The van der Waals surface area contributed by atoms with E-state index in [1.54, 1.807) is 41.2 Å². The lowest BCUT2D eigenvalue weighted by Crippen LogP contribution is -2.39. The third kappa shape index (κ3) is 4.27. The molecule has 0 atom stereocenters. The lowest BCUT2D eigenvalue weighted by molar-refractivity contribution is 0.0756. The maximum Gasteiger partial charge on any atom is 0.321 e. The van der Waals surface area contributed by atoms with Crippen molar-refractivity contribution in [2.75, 3.05) is 38.6 Å². The number of nitrogens with zero attached hydrogens (tertiary/aromatic N) is 4. The molecule has 0 aliphatic carbocycles. The van der Waals surface area contributed by atoms with Gasteiger partial charge in [0.25, 0.3) is 5.91 Å². The summed E-state index contributed by atoms with van der Waals surface area (Å²) in [7, 11) is 1.60. The fourth-order valence-corrected chi connectivity index (χ4v) is 2.77. The molecule has 1 aromatic carbocycles. The van der Waals surface area contributed by atoms with Gasteiger partial charge in [0.05, 0.1) is 13.3 Å². The van der Waals surface area contributed by atoms with E-state index in [1.807, 2.05) is 0 Å². The molecule has 2 aromatic rings. The zero-order chi connectivity index (χ0) is 18.4. The second-order valence-electron chi connectivity index (χ2n) is 5.88. The zero-order valence-corrected chi connectivity index (χ0v) is 14.6. The number of aromatic nitrogens is 2. The summed E-state index contributed by atoms with van der Waals surface area (Å²) >= 11 is 0. The highest BCUT2D eigenvalue weighted by molar-refractivity contribution is 5.92. The predicted octanol–water partition coefficient (Wildman–Crippen LogP) is 1.87. The number of carbonyl (C=O) groups excluding carboxylic acids is 2. The molecule has 0 saturated carbocycles. The summed E-state index contributed by atoms with van der Waals surface area (Å²) in [4.78, 5) is 36.4. The molecule has 0 bridgehead atoms. The molecule has 0 spiro atoms. The van der Waals surface area contributed by atoms with Gasteiger partial charge in [0.15, 0.2) is 0 Å². The van der Waals surface area contributed by atoms with Crippen molar-refractivity contribution in [3.05, 3.63) is 48.5 Å². The van der Waals surface area contributed by atoms with Gasteiger partial charge in [0, 0.05) is 44.3 Å². The van der Waals surface area contributed by atoms with Crippen LogP contribution in [0.25, 0.3) is 0 Å². The van der Waals surface area contributed by atoms with E-state index in [9.17, 15) is 9.59 Å². The van der Waals surface area contributed by atoms with Crippen molar-refractivity contribution < 1.29 is 14.3 Å². The monoisotopic (exact) mass is 355 g/mol. The molecule has 1 aliphatic heterocycles. The predicted molar refractivity (Wildman–Crippen MR) is 96.1 cm³/mol. The van der Waals surface area contributed by atoms with Crippen LogP contribution in [0.15, 0.2) is 42.9 Å². The Morgan fingerprint density at radius 1 is 1.04 bits per heavy atom. The van der Waals surface area contributed by atoms with E-state index in [1.165, 1.54) is 18.6 Å². The Balaban J connectivity index is 1.57.